The molecule has 138 valence electrons. The summed E-state index contributed by atoms with van der Waals surface area (Å²) >= 11 is 1.14. The minimum absolute atomic E-state index is 0.00703. The second-order valence-electron chi connectivity index (χ2n) is 5.46. The quantitative estimate of drug-likeness (QED) is 0.514. The first kappa shape index (κ1) is 17.3. The number of pyridine rings is 2. The Hall–Kier alpha value is -3.15. The zero-order valence-electron chi connectivity index (χ0n) is 13.5. The second-order valence-corrected chi connectivity index (χ2v) is 6.48. The summed E-state index contributed by atoms with van der Waals surface area (Å²) < 4.78 is 41.3. The molecule has 0 amide bonds. The highest BCUT2D eigenvalue weighted by Crippen LogP contribution is 2.35. The first-order chi connectivity index (χ1) is 12.9. The topological polar surface area (TPSA) is 111 Å². The van der Waals surface area contributed by atoms with Gasteiger partial charge in [-0.25, -0.2) is 14.6 Å². The number of rotatable bonds is 4. The Morgan fingerprint density at radius 2 is 2.07 bits per heavy atom. The molecule has 0 bridgehead atoms. The van der Waals surface area contributed by atoms with Crippen LogP contribution < -0.4 is 5.73 Å². The zero-order valence-corrected chi connectivity index (χ0v) is 14.3. The van der Waals surface area contributed by atoms with E-state index in [1.165, 1.54) is 12.4 Å². The van der Waals surface area contributed by atoms with E-state index in [0.29, 0.717) is 21.9 Å². The van der Waals surface area contributed by atoms with Gasteiger partial charge in [0.1, 0.15) is 11.3 Å². The van der Waals surface area contributed by atoms with Gasteiger partial charge in [0, 0.05) is 28.6 Å². The molecule has 0 atom stereocenters. The number of nitrogen functional groups attached to an aromatic ring is 1. The monoisotopic (exact) mass is 392 g/mol. The summed E-state index contributed by atoms with van der Waals surface area (Å²) in [6, 6.07) is 6.47. The molecule has 0 saturated heterocycles. The molecule has 0 radical (unpaired) electrons. The van der Waals surface area contributed by atoms with Gasteiger partial charge in [-0.15, -0.1) is 16.9 Å². The minimum Gasteiger partial charge on any atom is -0.384 e. The third kappa shape index (κ3) is 3.43. The lowest BCUT2D eigenvalue weighted by Crippen LogP contribution is -2.09. The lowest BCUT2D eigenvalue weighted by Gasteiger charge is -2.06. The van der Waals surface area contributed by atoms with E-state index in [0.717, 1.165) is 16.4 Å². The number of anilines is 1. The standard InChI is InChI=1S/C15H11F3N8S/c16-15(17,18)13-8(6-26(24-13)11-3-1-2-4-20-11)7-27-9-5-10(19)21-14-12(9)22-25-23-14/h1-6H,7H2,(H3,19,21,22,23,25). The fourth-order valence-electron chi connectivity index (χ4n) is 2.45. The van der Waals surface area contributed by atoms with Crippen LogP contribution in [-0.2, 0) is 11.9 Å². The van der Waals surface area contributed by atoms with Crippen LogP contribution in [0.5, 0.6) is 0 Å². The Bertz CT molecular complexity index is 1090. The molecule has 0 unspecified atom stereocenters. The Morgan fingerprint density at radius 3 is 2.81 bits per heavy atom. The van der Waals surface area contributed by atoms with Crippen molar-refractivity contribution in [2.24, 2.45) is 0 Å². The number of hydrogen-bond acceptors (Lipinski definition) is 7. The Balaban J connectivity index is 1.68. The van der Waals surface area contributed by atoms with E-state index in [2.05, 4.69) is 30.5 Å². The smallest absolute Gasteiger partial charge is 0.384 e. The molecule has 4 aromatic heterocycles. The average Bonchev–Trinajstić information content (AvgIpc) is 3.27. The molecule has 0 aliphatic rings. The zero-order chi connectivity index (χ0) is 19.0. The molecule has 0 aliphatic carbocycles. The predicted molar refractivity (Wildman–Crippen MR) is 92.0 cm³/mol. The summed E-state index contributed by atoms with van der Waals surface area (Å²) in [6.07, 6.45) is -1.78. The minimum atomic E-state index is -4.59. The number of nitrogens with one attached hydrogen (secondary N) is 1. The molecule has 0 saturated carbocycles. The number of nitrogens with zero attached hydrogens (tertiary/aromatic N) is 6. The molecule has 8 nitrogen and oxygen atoms in total. The molecule has 0 aromatic carbocycles. The van der Waals surface area contributed by atoms with Gasteiger partial charge in [0.15, 0.2) is 11.5 Å². The van der Waals surface area contributed by atoms with E-state index in [1.54, 1.807) is 24.3 Å². The summed E-state index contributed by atoms with van der Waals surface area (Å²) in [5.41, 5.74) is 5.53. The van der Waals surface area contributed by atoms with Gasteiger partial charge >= 0.3 is 6.18 Å². The number of aromatic nitrogens is 7. The van der Waals surface area contributed by atoms with Gasteiger partial charge in [-0.2, -0.15) is 28.6 Å². The van der Waals surface area contributed by atoms with Crippen molar-refractivity contribution in [1.82, 2.24) is 35.2 Å². The van der Waals surface area contributed by atoms with E-state index in [9.17, 15) is 13.2 Å². The number of fused-ring (bicyclic) bond motifs is 1. The van der Waals surface area contributed by atoms with E-state index >= 15 is 0 Å². The summed E-state index contributed by atoms with van der Waals surface area (Å²) in [7, 11) is 0. The third-order valence-electron chi connectivity index (χ3n) is 3.60. The van der Waals surface area contributed by atoms with Gasteiger partial charge in [0.25, 0.3) is 0 Å². The number of thioether (sulfide) groups is 1. The average molecular weight is 392 g/mol. The van der Waals surface area contributed by atoms with Gasteiger partial charge in [0.2, 0.25) is 5.65 Å². The highest BCUT2D eigenvalue weighted by Gasteiger charge is 2.37. The summed E-state index contributed by atoms with van der Waals surface area (Å²) in [6.45, 7) is 0. The molecular weight excluding hydrogens is 381 g/mol. The largest absolute Gasteiger partial charge is 0.435 e. The molecule has 4 heterocycles. The normalized spacial score (nSPS) is 12.0. The van der Waals surface area contributed by atoms with Gasteiger partial charge in [-0.3, -0.25) is 0 Å². The van der Waals surface area contributed by atoms with Crippen molar-refractivity contribution in [3.63, 3.8) is 0 Å². The van der Waals surface area contributed by atoms with Crippen LogP contribution in [0.4, 0.5) is 19.0 Å². The molecule has 4 rings (SSSR count). The number of aromatic amines is 1. The van der Waals surface area contributed by atoms with Crippen LogP contribution in [0, 0.1) is 0 Å². The van der Waals surface area contributed by atoms with Gasteiger partial charge in [-0.1, -0.05) is 6.07 Å². The molecular formula is C15H11F3N8S. The molecule has 4 aromatic rings. The fourth-order valence-corrected chi connectivity index (χ4v) is 3.45. The van der Waals surface area contributed by atoms with Crippen molar-refractivity contribution in [2.45, 2.75) is 16.8 Å². The maximum atomic E-state index is 13.4. The number of alkyl halides is 3. The van der Waals surface area contributed by atoms with Crippen LogP contribution in [-0.4, -0.2) is 35.2 Å². The lowest BCUT2D eigenvalue weighted by molar-refractivity contribution is -0.141. The fraction of sp³-hybridized carbons (Fsp3) is 0.133. The SMILES string of the molecule is Nc1cc(SCc2cn(-c3ccccn3)nc2C(F)(F)F)c2n[nH]nc2n1. The third-order valence-corrected chi connectivity index (χ3v) is 4.68. The Labute approximate surface area is 154 Å². The molecule has 3 N–H and O–H groups in total. The van der Waals surface area contributed by atoms with Crippen molar-refractivity contribution in [3.05, 3.63) is 47.9 Å². The van der Waals surface area contributed by atoms with Gasteiger partial charge in [-0.05, 0) is 18.2 Å². The highest BCUT2D eigenvalue weighted by atomic mass is 32.2. The van der Waals surface area contributed by atoms with Gasteiger partial charge < -0.3 is 5.73 Å². The van der Waals surface area contributed by atoms with Crippen molar-refractivity contribution in [1.29, 1.82) is 0 Å². The highest BCUT2D eigenvalue weighted by molar-refractivity contribution is 7.98. The first-order valence-electron chi connectivity index (χ1n) is 7.59. The van der Waals surface area contributed by atoms with Crippen molar-refractivity contribution < 1.29 is 13.2 Å². The summed E-state index contributed by atoms with van der Waals surface area (Å²) in [5, 5.41) is 13.9. The number of halogens is 3. The first-order valence-corrected chi connectivity index (χ1v) is 8.57. The predicted octanol–water partition coefficient (Wildman–Crippen LogP) is 2.83. The molecule has 0 fully saturated rings. The molecule has 0 aliphatic heterocycles. The Morgan fingerprint density at radius 1 is 1.22 bits per heavy atom. The maximum Gasteiger partial charge on any atom is 0.435 e. The molecule has 12 heteroatoms. The van der Waals surface area contributed by atoms with E-state index in [4.69, 9.17) is 5.73 Å². The van der Waals surface area contributed by atoms with Crippen molar-refractivity contribution >= 4 is 28.7 Å². The lowest BCUT2D eigenvalue weighted by atomic mass is 10.3. The van der Waals surface area contributed by atoms with Crippen molar-refractivity contribution in [2.75, 3.05) is 5.73 Å². The van der Waals surface area contributed by atoms with Crippen LogP contribution in [0.3, 0.4) is 0 Å². The van der Waals surface area contributed by atoms with Crippen LogP contribution in [0.1, 0.15) is 11.3 Å². The van der Waals surface area contributed by atoms with Crippen LogP contribution in [0.15, 0.2) is 41.6 Å². The van der Waals surface area contributed by atoms with E-state index in [-0.39, 0.29) is 17.1 Å². The van der Waals surface area contributed by atoms with E-state index in [1.807, 2.05) is 0 Å². The van der Waals surface area contributed by atoms with Gasteiger partial charge in [0.05, 0.1) is 0 Å². The molecule has 27 heavy (non-hydrogen) atoms. The van der Waals surface area contributed by atoms with Crippen molar-refractivity contribution in [3.8, 4) is 5.82 Å². The van der Waals surface area contributed by atoms with Crippen LogP contribution in [0.25, 0.3) is 17.0 Å². The Kier molecular flexibility index (Phi) is 4.18. The number of hydrogen-bond donors (Lipinski definition) is 2. The summed E-state index contributed by atoms with van der Waals surface area (Å²) in [4.78, 5) is 8.61. The maximum absolute atomic E-state index is 13.4. The molecule has 0 spiro atoms. The van der Waals surface area contributed by atoms with Crippen LogP contribution in [0.2, 0.25) is 0 Å². The van der Waals surface area contributed by atoms with Crippen LogP contribution >= 0.6 is 11.8 Å². The summed E-state index contributed by atoms with van der Waals surface area (Å²) in [5.74, 6) is 0.512. The number of H-pyrrole nitrogens is 1. The number of nitrogens with two attached hydrogens (primary N) is 1. The van der Waals surface area contributed by atoms with E-state index < -0.39 is 11.9 Å². The second kappa shape index (κ2) is 6.54.